The highest BCUT2D eigenvalue weighted by molar-refractivity contribution is 5.96. The standard InChI is InChI=1S/C26H32N2O2/c1-4-6-7-8-9-20-12-15-24-23(16-20)22(21-13-10-19(3)11-14-21)17-25(27-24)28(5-2)18-26(29)30/h10-17H,4-9,18H2,1-3H3,(H,29,30). The van der Waals surface area contributed by atoms with Crippen LogP contribution in [0.3, 0.4) is 0 Å². The number of rotatable bonds is 10. The quantitative estimate of drug-likeness (QED) is 0.406. The van der Waals surface area contributed by atoms with Crippen molar-refractivity contribution < 1.29 is 9.90 Å². The molecule has 0 aliphatic heterocycles. The van der Waals surface area contributed by atoms with Crippen molar-refractivity contribution in [2.45, 2.75) is 52.9 Å². The lowest BCUT2D eigenvalue weighted by atomic mass is 9.97. The molecule has 0 unspecified atom stereocenters. The number of pyridine rings is 1. The third-order valence-electron chi connectivity index (χ3n) is 5.57. The highest BCUT2D eigenvalue weighted by Crippen LogP contribution is 2.32. The highest BCUT2D eigenvalue weighted by Gasteiger charge is 2.15. The van der Waals surface area contributed by atoms with Crippen molar-refractivity contribution in [1.82, 2.24) is 4.98 Å². The monoisotopic (exact) mass is 404 g/mol. The van der Waals surface area contributed by atoms with E-state index in [0.717, 1.165) is 28.5 Å². The van der Waals surface area contributed by atoms with Crippen LogP contribution in [0.4, 0.5) is 5.82 Å². The maximum atomic E-state index is 11.3. The van der Waals surface area contributed by atoms with Gasteiger partial charge in [0.1, 0.15) is 12.4 Å². The van der Waals surface area contributed by atoms with Gasteiger partial charge in [-0.1, -0.05) is 62.1 Å². The van der Waals surface area contributed by atoms with Gasteiger partial charge in [-0.05, 0) is 61.6 Å². The van der Waals surface area contributed by atoms with Gasteiger partial charge in [-0.25, -0.2) is 4.98 Å². The third kappa shape index (κ3) is 5.38. The fourth-order valence-electron chi connectivity index (χ4n) is 3.82. The van der Waals surface area contributed by atoms with Crippen LogP contribution >= 0.6 is 0 Å². The minimum Gasteiger partial charge on any atom is -0.480 e. The lowest BCUT2D eigenvalue weighted by Gasteiger charge is -2.21. The number of aryl methyl sites for hydroxylation is 2. The van der Waals surface area contributed by atoms with E-state index in [1.165, 1.54) is 36.8 Å². The Balaban J connectivity index is 2.07. The smallest absolute Gasteiger partial charge is 0.323 e. The van der Waals surface area contributed by atoms with Crippen LogP contribution in [0.15, 0.2) is 48.5 Å². The van der Waals surface area contributed by atoms with E-state index in [4.69, 9.17) is 4.98 Å². The number of carboxylic acid groups (broad SMARTS) is 1. The molecule has 30 heavy (non-hydrogen) atoms. The van der Waals surface area contributed by atoms with Crippen molar-refractivity contribution in [2.75, 3.05) is 18.0 Å². The third-order valence-corrected chi connectivity index (χ3v) is 5.57. The molecule has 158 valence electrons. The van der Waals surface area contributed by atoms with E-state index in [1.54, 1.807) is 4.90 Å². The average Bonchev–Trinajstić information content (AvgIpc) is 2.75. The molecule has 1 aromatic heterocycles. The largest absolute Gasteiger partial charge is 0.480 e. The van der Waals surface area contributed by atoms with E-state index in [1.807, 2.05) is 13.0 Å². The molecule has 0 aliphatic carbocycles. The van der Waals surface area contributed by atoms with Gasteiger partial charge in [0.15, 0.2) is 0 Å². The molecule has 0 bridgehead atoms. The minimum atomic E-state index is -0.849. The summed E-state index contributed by atoms with van der Waals surface area (Å²) in [4.78, 5) is 17.9. The van der Waals surface area contributed by atoms with E-state index in [9.17, 15) is 9.90 Å². The van der Waals surface area contributed by atoms with Gasteiger partial charge in [-0.2, -0.15) is 0 Å². The second kappa shape index (κ2) is 10.2. The lowest BCUT2D eigenvalue weighted by molar-refractivity contribution is -0.135. The molecule has 0 saturated heterocycles. The van der Waals surface area contributed by atoms with Crippen LogP contribution in [0.5, 0.6) is 0 Å². The van der Waals surface area contributed by atoms with Crippen LogP contribution in [0.25, 0.3) is 22.0 Å². The summed E-state index contributed by atoms with van der Waals surface area (Å²) in [5.41, 5.74) is 5.69. The number of likely N-dealkylation sites (N-methyl/N-ethyl adjacent to an activating group) is 1. The first kappa shape index (κ1) is 21.8. The van der Waals surface area contributed by atoms with Gasteiger partial charge >= 0.3 is 5.97 Å². The molecule has 0 atom stereocenters. The molecule has 0 fully saturated rings. The second-order valence-corrected chi connectivity index (χ2v) is 7.96. The van der Waals surface area contributed by atoms with Gasteiger partial charge in [0.25, 0.3) is 0 Å². The van der Waals surface area contributed by atoms with Gasteiger partial charge in [-0.3, -0.25) is 4.79 Å². The Labute approximate surface area is 179 Å². The predicted octanol–water partition coefficient (Wildman–Crippen LogP) is 6.24. The van der Waals surface area contributed by atoms with Crippen LogP contribution in [0.2, 0.25) is 0 Å². The van der Waals surface area contributed by atoms with E-state index >= 15 is 0 Å². The van der Waals surface area contributed by atoms with Crippen LogP contribution < -0.4 is 4.90 Å². The number of fused-ring (bicyclic) bond motifs is 1. The van der Waals surface area contributed by atoms with E-state index < -0.39 is 5.97 Å². The lowest BCUT2D eigenvalue weighted by Crippen LogP contribution is -2.30. The number of carbonyl (C=O) groups is 1. The molecule has 2 aromatic carbocycles. The van der Waals surface area contributed by atoms with Crippen molar-refractivity contribution in [3.63, 3.8) is 0 Å². The number of hydrogen-bond donors (Lipinski definition) is 1. The van der Waals surface area contributed by atoms with Gasteiger partial charge in [-0.15, -0.1) is 0 Å². The van der Waals surface area contributed by atoms with Gasteiger partial charge in [0.2, 0.25) is 0 Å². The van der Waals surface area contributed by atoms with Gasteiger partial charge in [0, 0.05) is 11.9 Å². The van der Waals surface area contributed by atoms with Crippen LogP contribution in [-0.2, 0) is 11.2 Å². The number of aliphatic carboxylic acids is 1. The first-order valence-electron chi connectivity index (χ1n) is 11.0. The summed E-state index contributed by atoms with van der Waals surface area (Å²) < 4.78 is 0. The molecule has 1 heterocycles. The van der Waals surface area contributed by atoms with Crippen molar-refractivity contribution >= 4 is 22.7 Å². The highest BCUT2D eigenvalue weighted by atomic mass is 16.4. The number of nitrogens with zero attached hydrogens (tertiary/aromatic N) is 2. The molecule has 1 N–H and O–H groups in total. The summed E-state index contributed by atoms with van der Waals surface area (Å²) in [6.45, 7) is 6.81. The maximum absolute atomic E-state index is 11.3. The topological polar surface area (TPSA) is 53.4 Å². The van der Waals surface area contributed by atoms with Crippen LogP contribution in [0, 0.1) is 6.92 Å². The Kier molecular flexibility index (Phi) is 7.45. The number of carboxylic acids is 1. The SMILES string of the molecule is CCCCCCc1ccc2nc(N(CC)CC(=O)O)cc(-c3ccc(C)cc3)c2c1. The molecule has 4 heteroatoms. The molecule has 0 saturated carbocycles. The maximum Gasteiger partial charge on any atom is 0.323 e. The normalized spacial score (nSPS) is 11.0. The molecule has 4 nitrogen and oxygen atoms in total. The van der Waals surface area contributed by atoms with Crippen LogP contribution in [0.1, 0.15) is 50.7 Å². The van der Waals surface area contributed by atoms with E-state index in [0.29, 0.717) is 12.4 Å². The van der Waals surface area contributed by atoms with Gasteiger partial charge in [0.05, 0.1) is 5.52 Å². The molecular formula is C26H32N2O2. The van der Waals surface area contributed by atoms with Crippen molar-refractivity contribution in [2.24, 2.45) is 0 Å². The first-order chi connectivity index (χ1) is 14.5. The predicted molar refractivity (Wildman–Crippen MR) is 125 cm³/mol. The summed E-state index contributed by atoms with van der Waals surface area (Å²) >= 11 is 0. The van der Waals surface area contributed by atoms with E-state index in [-0.39, 0.29) is 6.54 Å². The summed E-state index contributed by atoms with van der Waals surface area (Å²) in [6.07, 6.45) is 6.06. The second-order valence-electron chi connectivity index (χ2n) is 7.96. The average molecular weight is 405 g/mol. The fraction of sp³-hybridized carbons (Fsp3) is 0.385. The first-order valence-corrected chi connectivity index (χ1v) is 11.0. The van der Waals surface area contributed by atoms with Crippen molar-refractivity contribution in [3.05, 3.63) is 59.7 Å². The number of hydrogen-bond acceptors (Lipinski definition) is 3. The van der Waals surface area contributed by atoms with Gasteiger partial charge < -0.3 is 10.0 Å². The summed E-state index contributed by atoms with van der Waals surface area (Å²) in [6, 6.07) is 17.1. The molecular weight excluding hydrogens is 372 g/mol. The molecule has 3 aromatic rings. The Morgan fingerprint density at radius 1 is 1.00 bits per heavy atom. The summed E-state index contributed by atoms with van der Waals surface area (Å²) in [7, 11) is 0. The zero-order chi connectivity index (χ0) is 21.5. The zero-order valence-electron chi connectivity index (χ0n) is 18.3. The Bertz CT molecular complexity index is 996. The Morgan fingerprint density at radius 2 is 1.77 bits per heavy atom. The molecule has 0 amide bonds. The summed E-state index contributed by atoms with van der Waals surface area (Å²) in [5, 5.41) is 10.4. The Hall–Kier alpha value is -2.88. The van der Waals surface area contributed by atoms with Crippen molar-refractivity contribution in [3.8, 4) is 11.1 Å². The number of benzene rings is 2. The van der Waals surface area contributed by atoms with Crippen LogP contribution in [-0.4, -0.2) is 29.1 Å². The number of anilines is 1. The molecule has 0 aliphatic rings. The number of unbranched alkanes of at least 4 members (excludes halogenated alkanes) is 3. The number of aromatic nitrogens is 1. The van der Waals surface area contributed by atoms with Crippen molar-refractivity contribution in [1.29, 1.82) is 0 Å². The molecule has 0 radical (unpaired) electrons. The minimum absolute atomic E-state index is 0.0577. The summed E-state index contributed by atoms with van der Waals surface area (Å²) in [5.74, 6) is -0.142. The Morgan fingerprint density at radius 3 is 2.43 bits per heavy atom. The molecule has 3 rings (SSSR count). The van der Waals surface area contributed by atoms with E-state index in [2.05, 4.69) is 56.3 Å². The zero-order valence-corrected chi connectivity index (χ0v) is 18.3. The molecule has 0 spiro atoms. The fourth-order valence-corrected chi connectivity index (χ4v) is 3.82.